The maximum Gasteiger partial charge on any atom is 0.417 e. The largest absolute Gasteiger partial charge is 0.425 e. The normalized spacial score (nSPS) is 21.3. The predicted molar refractivity (Wildman–Crippen MR) is 113 cm³/mol. The van der Waals surface area contributed by atoms with E-state index in [1.165, 1.54) is 29.4 Å². The van der Waals surface area contributed by atoms with Gasteiger partial charge in [-0.2, -0.15) is 18.4 Å². The van der Waals surface area contributed by atoms with Gasteiger partial charge in [0, 0.05) is 38.0 Å². The number of hydrogen-bond donors (Lipinski definition) is 1. The minimum atomic E-state index is -4.98. The molecule has 2 aromatic rings. The summed E-state index contributed by atoms with van der Waals surface area (Å²) >= 11 is 0. The third kappa shape index (κ3) is 4.81. The van der Waals surface area contributed by atoms with E-state index in [1.807, 2.05) is 6.07 Å². The van der Waals surface area contributed by atoms with Crippen LogP contribution in [0.25, 0.3) is 5.69 Å². The van der Waals surface area contributed by atoms with Gasteiger partial charge in [0.25, 0.3) is 0 Å². The number of carbonyl (C=O) groups is 2. The average Bonchev–Trinajstić information content (AvgIpc) is 3.16. The minimum absolute atomic E-state index is 0.0648. The zero-order valence-corrected chi connectivity index (χ0v) is 19.1. The summed E-state index contributed by atoms with van der Waals surface area (Å²) in [6, 6.07) is 4.74. The van der Waals surface area contributed by atoms with E-state index in [0.717, 1.165) is 17.9 Å². The third-order valence-corrected chi connectivity index (χ3v) is 8.17. The summed E-state index contributed by atoms with van der Waals surface area (Å²) < 4.78 is 74.8. The van der Waals surface area contributed by atoms with Gasteiger partial charge in [-0.3, -0.25) is 4.79 Å². The number of aromatic nitrogens is 2. The Morgan fingerprint density at radius 1 is 1.31 bits per heavy atom. The Labute approximate surface area is 198 Å². The molecule has 186 valence electrons. The first-order valence-electron chi connectivity index (χ1n) is 10.5. The molecule has 1 aromatic heterocycles. The number of hydrogen-bond acceptors (Lipinski definition) is 7. The van der Waals surface area contributed by atoms with Crippen molar-refractivity contribution in [3.63, 3.8) is 0 Å². The first-order valence-corrected chi connectivity index (χ1v) is 12.0. The second-order valence-electron chi connectivity index (χ2n) is 8.40. The molecule has 10 nitrogen and oxygen atoms in total. The highest BCUT2D eigenvalue weighted by Crippen LogP contribution is 2.39. The maximum absolute atomic E-state index is 13.9. The maximum atomic E-state index is 13.9. The molecule has 14 heteroatoms. The number of likely N-dealkylation sites (tertiary alicyclic amines) is 1. The Bertz CT molecular complexity index is 1300. The second kappa shape index (κ2) is 8.56. The number of imidazole rings is 1. The van der Waals surface area contributed by atoms with Crippen molar-refractivity contribution in [1.29, 1.82) is 5.26 Å². The number of carbonyl (C=O) groups excluding carboxylic acids is 2. The molecule has 2 heterocycles. The summed E-state index contributed by atoms with van der Waals surface area (Å²) in [6.45, 7) is 0.668. The van der Waals surface area contributed by atoms with Crippen LogP contribution >= 0.6 is 0 Å². The second-order valence-corrected chi connectivity index (χ2v) is 10.6. The number of nitrogens with zero attached hydrogens (tertiary/aromatic N) is 4. The molecule has 2 amide bonds. The van der Waals surface area contributed by atoms with E-state index in [0.29, 0.717) is 18.9 Å². The molecule has 1 aliphatic carbocycles. The number of nitriles is 1. The molecular weight excluding hydrogens is 491 g/mol. The van der Waals surface area contributed by atoms with Crippen molar-refractivity contribution in [2.75, 3.05) is 6.54 Å². The Morgan fingerprint density at radius 2 is 2.03 bits per heavy atom. The smallest absolute Gasteiger partial charge is 0.417 e. The van der Waals surface area contributed by atoms with Crippen molar-refractivity contribution in [2.45, 2.75) is 54.3 Å². The number of alkyl halides is 3. The van der Waals surface area contributed by atoms with Crippen LogP contribution in [-0.2, 0) is 25.5 Å². The fraction of sp³-hybridized carbons (Fsp3) is 0.429. The zero-order chi connectivity index (χ0) is 25.6. The summed E-state index contributed by atoms with van der Waals surface area (Å²) in [5.74, 6) is -0.617. The van der Waals surface area contributed by atoms with Crippen molar-refractivity contribution in [3.05, 3.63) is 42.5 Å². The number of benzene rings is 1. The highest BCUT2D eigenvalue weighted by molar-refractivity contribution is 7.92. The van der Waals surface area contributed by atoms with Gasteiger partial charge in [0.1, 0.15) is 5.54 Å². The van der Waals surface area contributed by atoms with Crippen LogP contribution in [0.1, 0.15) is 31.7 Å². The molecule has 0 spiro atoms. The van der Waals surface area contributed by atoms with Crippen molar-refractivity contribution in [1.82, 2.24) is 19.8 Å². The van der Waals surface area contributed by atoms with Crippen LogP contribution in [0.15, 0.2) is 41.8 Å². The SMILES string of the molecule is CC(=O)N1C[C@H](S(=O)(=O)c2ccc(-n3ccnc3)cc2C(F)(F)F)C[C@@H]1OC(=O)NC1(C#N)CC1. The van der Waals surface area contributed by atoms with Crippen LogP contribution < -0.4 is 5.32 Å². The van der Waals surface area contributed by atoms with Crippen molar-refractivity contribution in [2.24, 2.45) is 0 Å². The Kier molecular flexibility index (Phi) is 6.00. The molecule has 2 fully saturated rings. The predicted octanol–water partition coefficient (Wildman–Crippen LogP) is 2.39. The van der Waals surface area contributed by atoms with E-state index in [-0.39, 0.29) is 5.69 Å². The van der Waals surface area contributed by atoms with Gasteiger partial charge in [-0.05, 0) is 31.0 Å². The van der Waals surface area contributed by atoms with Crippen LogP contribution in [0, 0.1) is 11.3 Å². The number of halogens is 3. The average molecular weight is 511 g/mol. The number of sulfone groups is 1. The van der Waals surface area contributed by atoms with Crippen LogP contribution in [0.2, 0.25) is 0 Å². The lowest BCUT2D eigenvalue weighted by molar-refractivity contribution is -0.140. The number of rotatable bonds is 5. The fourth-order valence-corrected chi connectivity index (χ4v) is 5.78. The molecule has 0 radical (unpaired) electrons. The lowest BCUT2D eigenvalue weighted by Crippen LogP contribution is -2.42. The van der Waals surface area contributed by atoms with Gasteiger partial charge in [0.15, 0.2) is 16.1 Å². The summed E-state index contributed by atoms with van der Waals surface area (Å²) in [4.78, 5) is 28.1. The van der Waals surface area contributed by atoms with Gasteiger partial charge in [0.05, 0.1) is 28.1 Å². The molecule has 35 heavy (non-hydrogen) atoms. The molecular formula is C21H20F3N5O5S. The standard InChI is InChI=1S/C21H20F3N5O5S/c1-13(30)29-10-15(9-18(29)34-19(31)27-20(11-25)4-5-20)35(32,33)17-3-2-14(28-7-6-26-12-28)8-16(17)21(22,23)24/h2-3,6-8,12,15,18H,4-5,9-10H2,1H3,(H,27,31)/t15-,18+/m1/s1. The molecule has 2 aliphatic rings. The molecule has 1 saturated carbocycles. The van der Waals surface area contributed by atoms with E-state index in [2.05, 4.69) is 10.3 Å². The number of alkyl carbamates (subject to hydrolysis) is 1. The lowest BCUT2D eigenvalue weighted by atomic mass is 10.2. The molecule has 1 aromatic carbocycles. The number of nitrogens with one attached hydrogen (secondary N) is 1. The van der Waals surface area contributed by atoms with Crippen LogP contribution in [-0.4, -0.2) is 58.4 Å². The summed E-state index contributed by atoms with van der Waals surface area (Å²) in [7, 11) is -4.60. The van der Waals surface area contributed by atoms with Crippen molar-refractivity contribution >= 4 is 21.8 Å². The minimum Gasteiger partial charge on any atom is -0.425 e. The Balaban J connectivity index is 1.62. The van der Waals surface area contributed by atoms with E-state index in [1.54, 1.807) is 0 Å². The Hall–Kier alpha value is -3.60. The summed E-state index contributed by atoms with van der Waals surface area (Å²) in [6.07, 6.45) is -2.84. The lowest BCUT2D eigenvalue weighted by Gasteiger charge is -2.23. The van der Waals surface area contributed by atoms with Crippen molar-refractivity contribution in [3.8, 4) is 11.8 Å². The summed E-state index contributed by atoms with van der Waals surface area (Å²) in [5.41, 5.74) is -2.35. The van der Waals surface area contributed by atoms with E-state index >= 15 is 0 Å². The quantitative estimate of drug-likeness (QED) is 0.651. The highest BCUT2D eigenvalue weighted by atomic mass is 32.2. The molecule has 2 atom stereocenters. The van der Waals surface area contributed by atoms with Gasteiger partial charge < -0.3 is 19.5 Å². The first kappa shape index (κ1) is 24.5. The zero-order valence-electron chi connectivity index (χ0n) is 18.3. The van der Waals surface area contributed by atoms with Crippen molar-refractivity contribution < 1.29 is 35.9 Å². The number of ether oxygens (including phenoxy) is 1. The summed E-state index contributed by atoms with van der Waals surface area (Å²) in [5, 5.41) is 10.0. The first-order chi connectivity index (χ1) is 16.4. The molecule has 0 bridgehead atoms. The molecule has 1 saturated heterocycles. The molecule has 4 rings (SSSR count). The molecule has 1 N–H and O–H groups in total. The van der Waals surface area contributed by atoms with E-state index in [9.17, 15) is 31.2 Å². The monoisotopic (exact) mass is 511 g/mol. The van der Waals surface area contributed by atoms with Gasteiger partial charge in [-0.15, -0.1) is 0 Å². The van der Waals surface area contributed by atoms with Gasteiger partial charge in [-0.25, -0.2) is 18.2 Å². The topological polar surface area (TPSA) is 134 Å². The van der Waals surface area contributed by atoms with Crippen LogP contribution in [0.5, 0.6) is 0 Å². The van der Waals surface area contributed by atoms with Gasteiger partial charge in [0.2, 0.25) is 5.91 Å². The fourth-order valence-electron chi connectivity index (χ4n) is 3.91. The van der Waals surface area contributed by atoms with Crippen LogP contribution in [0.4, 0.5) is 18.0 Å². The van der Waals surface area contributed by atoms with Gasteiger partial charge >= 0.3 is 12.3 Å². The van der Waals surface area contributed by atoms with E-state index in [4.69, 9.17) is 10.00 Å². The molecule has 1 aliphatic heterocycles. The van der Waals surface area contributed by atoms with Crippen LogP contribution in [0.3, 0.4) is 0 Å². The Morgan fingerprint density at radius 3 is 2.57 bits per heavy atom. The highest BCUT2D eigenvalue weighted by Gasteiger charge is 2.48. The molecule has 0 unspecified atom stereocenters. The third-order valence-electron chi connectivity index (χ3n) is 5.98. The van der Waals surface area contributed by atoms with Gasteiger partial charge in [-0.1, -0.05) is 0 Å². The van der Waals surface area contributed by atoms with E-state index < -0.39 is 68.5 Å². The number of amides is 2.